The van der Waals surface area contributed by atoms with Crippen molar-refractivity contribution in [1.82, 2.24) is 29.7 Å². The molecule has 2 aliphatic heterocycles. The van der Waals surface area contributed by atoms with Gasteiger partial charge in [-0.25, -0.2) is 22.0 Å². The number of halogens is 2. The maximum absolute atomic E-state index is 14.7. The molecule has 56 heavy (non-hydrogen) atoms. The standard InChI is InChI=1S/C40H48F2N6O7S/c1-5-24-21-40(24,36(52)45-56(54,55)26-15-16-26)44-34(50)32-19-25(43-37(53)48-30-13-8-6-11-27(30)28-12-7-9-14-31(28)48)22-47(32)35(51)29(38(2,3)4)20-33(49)46-18-10-17-39(41,42)23-46/h5-9,11-14,24-26,29,32H,1,10,15-23H2,2-4H3,(H,43,53)(H,44,50)(H,45,52)/t24-,25-,29-,32+,40-/m1/s1. The number of benzene rings is 2. The summed E-state index contributed by atoms with van der Waals surface area (Å²) < 4.78 is 57.8. The monoisotopic (exact) mass is 794 g/mol. The van der Waals surface area contributed by atoms with Crippen LogP contribution in [-0.2, 0) is 29.2 Å². The first-order valence-electron chi connectivity index (χ1n) is 19.1. The SMILES string of the molecule is C=C[C@@H]1C[C@]1(NC(=O)[C@@H]1C[C@@H](NC(=O)n2c3ccccc3c3ccccc32)CN1C(=O)[C@@H](CC(=O)N1CCCC(F)(F)C1)C(C)(C)C)C(=O)NS(=O)(=O)C1CC1. The fraction of sp³-hybridized carbons (Fsp3) is 0.525. The summed E-state index contributed by atoms with van der Waals surface area (Å²) in [6.07, 6.45) is 1.73. The van der Waals surface area contributed by atoms with Crippen molar-refractivity contribution in [3.05, 3.63) is 61.2 Å². The maximum Gasteiger partial charge on any atom is 0.326 e. The summed E-state index contributed by atoms with van der Waals surface area (Å²) >= 11 is 0. The van der Waals surface area contributed by atoms with Gasteiger partial charge in [-0.05, 0) is 49.7 Å². The van der Waals surface area contributed by atoms with Crippen molar-refractivity contribution >= 4 is 61.5 Å². The van der Waals surface area contributed by atoms with Crippen molar-refractivity contribution in [2.24, 2.45) is 17.3 Å². The Morgan fingerprint density at radius 1 is 1.00 bits per heavy atom. The van der Waals surface area contributed by atoms with Crippen LogP contribution in [-0.4, -0.2) is 101 Å². The number of para-hydroxylation sites is 2. The molecule has 16 heteroatoms. The Kier molecular flexibility index (Phi) is 10.0. The Labute approximate surface area is 324 Å². The average Bonchev–Trinajstić information content (AvgIpc) is 4.05. The zero-order chi connectivity index (χ0) is 40.4. The fourth-order valence-electron chi connectivity index (χ4n) is 8.28. The third-order valence-corrected chi connectivity index (χ3v) is 13.5. The van der Waals surface area contributed by atoms with Crippen molar-refractivity contribution in [1.29, 1.82) is 0 Å². The number of aromatic nitrogens is 1. The molecule has 0 unspecified atom stereocenters. The molecule has 5 atom stereocenters. The lowest BCUT2D eigenvalue weighted by Crippen LogP contribution is -2.57. The van der Waals surface area contributed by atoms with Crippen molar-refractivity contribution in [2.75, 3.05) is 19.6 Å². The van der Waals surface area contributed by atoms with Crippen LogP contribution in [0, 0.1) is 17.3 Å². The highest BCUT2D eigenvalue weighted by molar-refractivity contribution is 7.91. The van der Waals surface area contributed by atoms with Crippen molar-refractivity contribution in [3.63, 3.8) is 0 Å². The minimum Gasteiger partial charge on any atom is -0.339 e. The number of rotatable bonds is 10. The minimum atomic E-state index is -3.95. The molecule has 0 spiro atoms. The lowest BCUT2D eigenvalue weighted by molar-refractivity contribution is -0.151. The first-order valence-corrected chi connectivity index (χ1v) is 20.7. The van der Waals surface area contributed by atoms with E-state index in [0.717, 1.165) is 15.7 Å². The van der Waals surface area contributed by atoms with Gasteiger partial charge in [0.2, 0.25) is 27.7 Å². The highest BCUT2D eigenvalue weighted by atomic mass is 32.2. The number of nitrogens with one attached hydrogen (secondary N) is 3. The van der Waals surface area contributed by atoms with E-state index in [0.29, 0.717) is 23.9 Å². The normalized spacial score (nSPS) is 25.4. The van der Waals surface area contributed by atoms with Gasteiger partial charge in [0.05, 0.1) is 34.8 Å². The fourth-order valence-corrected chi connectivity index (χ4v) is 9.64. The quantitative estimate of drug-likeness (QED) is 0.258. The second-order valence-electron chi connectivity index (χ2n) is 16.8. The summed E-state index contributed by atoms with van der Waals surface area (Å²) in [5, 5.41) is 6.78. The highest BCUT2D eigenvalue weighted by Crippen LogP contribution is 2.46. The zero-order valence-electron chi connectivity index (χ0n) is 31.7. The number of carbonyl (C=O) groups excluding carboxylic acids is 5. The Balaban J connectivity index is 1.18. The van der Waals surface area contributed by atoms with Gasteiger partial charge in [0.25, 0.3) is 11.8 Å². The van der Waals surface area contributed by atoms with Gasteiger partial charge in [0.15, 0.2) is 0 Å². The predicted octanol–water partition coefficient (Wildman–Crippen LogP) is 4.30. The van der Waals surface area contributed by atoms with E-state index < -0.39 is 92.3 Å². The molecule has 1 aromatic heterocycles. The summed E-state index contributed by atoms with van der Waals surface area (Å²) in [4.78, 5) is 72.6. The number of piperidine rings is 1. The second kappa shape index (κ2) is 14.3. The van der Waals surface area contributed by atoms with Crippen LogP contribution in [0.5, 0.6) is 0 Å². The van der Waals surface area contributed by atoms with Gasteiger partial charge < -0.3 is 20.4 Å². The molecule has 3 heterocycles. The van der Waals surface area contributed by atoms with Gasteiger partial charge in [-0.3, -0.25) is 28.5 Å². The molecule has 3 aromatic rings. The summed E-state index contributed by atoms with van der Waals surface area (Å²) in [5.41, 5.74) is -1.18. The van der Waals surface area contributed by atoms with E-state index in [2.05, 4.69) is 21.9 Å². The molecule has 2 saturated carbocycles. The lowest BCUT2D eigenvalue weighted by atomic mass is 9.77. The van der Waals surface area contributed by atoms with E-state index in [4.69, 9.17) is 0 Å². The van der Waals surface area contributed by atoms with Gasteiger partial charge >= 0.3 is 6.03 Å². The van der Waals surface area contributed by atoms with E-state index in [1.54, 1.807) is 20.8 Å². The molecule has 7 rings (SSSR count). The van der Waals surface area contributed by atoms with Crippen LogP contribution in [0.3, 0.4) is 0 Å². The third kappa shape index (κ3) is 7.51. The Morgan fingerprint density at radius 3 is 2.18 bits per heavy atom. The molecule has 4 fully saturated rings. The first kappa shape index (κ1) is 39.4. The Bertz CT molecular complexity index is 2180. The van der Waals surface area contributed by atoms with E-state index >= 15 is 0 Å². The Hall–Kier alpha value is -4.86. The molecule has 13 nitrogen and oxygen atoms in total. The van der Waals surface area contributed by atoms with Gasteiger partial charge in [-0.2, -0.15) is 0 Å². The molecule has 300 valence electrons. The molecule has 2 aliphatic carbocycles. The molecule has 2 saturated heterocycles. The van der Waals surface area contributed by atoms with E-state index in [1.165, 1.54) is 15.5 Å². The van der Waals surface area contributed by atoms with Gasteiger partial charge in [-0.1, -0.05) is 63.2 Å². The number of likely N-dealkylation sites (tertiary alicyclic amines) is 2. The van der Waals surface area contributed by atoms with Crippen molar-refractivity contribution < 1.29 is 41.2 Å². The van der Waals surface area contributed by atoms with Crippen LogP contribution >= 0.6 is 0 Å². The zero-order valence-corrected chi connectivity index (χ0v) is 32.5. The van der Waals surface area contributed by atoms with Crippen LogP contribution in [0.25, 0.3) is 21.8 Å². The predicted molar refractivity (Wildman–Crippen MR) is 205 cm³/mol. The van der Waals surface area contributed by atoms with Gasteiger partial charge in [0.1, 0.15) is 11.6 Å². The molecular formula is C40H48F2N6O7S. The first-order chi connectivity index (χ1) is 26.3. The Morgan fingerprint density at radius 2 is 1.62 bits per heavy atom. The molecule has 5 amide bonds. The van der Waals surface area contributed by atoms with E-state index in [9.17, 15) is 41.2 Å². The molecule has 4 aliphatic rings. The van der Waals surface area contributed by atoms with Gasteiger partial charge in [-0.15, -0.1) is 6.58 Å². The average molecular weight is 795 g/mol. The van der Waals surface area contributed by atoms with Gasteiger partial charge in [0, 0.05) is 42.6 Å². The van der Waals surface area contributed by atoms with E-state index in [-0.39, 0.29) is 45.2 Å². The number of hydrogen-bond acceptors (Lipinski definition) is 7. The number of hydrogen-bond donors (Lipinski definition) is 3. The van der Waals surface area contributed by atoms with Crippen LogP contribution in [0.4, 0.5) is 13.6 Å². The summed E-state index contributed by atoms with van der Waals surface area (Å²) in [6.45, 7) is 8.25. The topological polar surface area (TPSA) is 167 Å². The number of sulfonamides is 1. The maximum atomic E-state index is 14.7. The molecule has 3 N–H and O–H groups in total. The smallest absolute Gasteiger partial charge is 0.326 e. The molecule has 0 bridgehead atoms. The van der Waals surface area contributed by atoms with Crippen molar-refractivity contribution in [2.45, 2.75) is 94.5 Å². The highest BCUT2D eigenvalue weighted by Gasteiger charge is 2.62. The van der Waals surface area contributed by atoms with Crippen molar-refractivity contribution in [3.8, 4) is 0 Å². The number of carbonyl (C=O) groups is 5. The van der Waals surface area contributed by atoms with Crippen LogP contribution in [0.1, 0.15) is 65.7 Å². The van der Waals surface area contributed by atoms with E-state index in [1.807, 2.05) is 48.5 Å². The van der Waals surface area contributed by atoms with Crippen LogP contribution in [0.2, 0.25) is 0 Å². The number of amides is 5. The lowest BCUT2D eigenvalue weighted by Gasteiger charge is -2.37. The number of nitrogens with zero attached hydrogens (tertiary/aromatic N) is 3. The number of alkyl halides is 2. The van der Waals surface area contributed by atoms with Crippen LogP contribution in [0.15, 0.2) is 61.2 Å². The molecule has 2 aromatic carbocycles. The molecular weight excluding hydrogens is 747 g/mol. The molecule has 0 radical (unpaired) electrons. The number of fused-ring (bicyclic) bond motifs is 3. The largest absolute Gasteiger partial charge is 0.339 e. The summed E-state index contributed by atoms with van der Waals surface area (Å²) in [6, 6.07) is 12.3. The summed E-state index contributed by atoms with van der Waals surface area (Å²) in [5.74, 6) is -7.50. The van der Waals surface area contributed by atoms with Crippen LogP contribution < -0.4 is 15.4 Å². The second-order valence-corrected chi connectivity index (χ2v) is 18.8. The summed E-state index contributed by atoms with van der Waals surface area (Å²) in [7, 11) is -3.95. The third-order valence-electron chi connectivity index (χ3n) is 11.7. The minimum absolute atomic E-state index is 0.0690.